The van der Waals surface area contributed by atoms with E-state index in [1.165, 1.54) is 11.3 Å². The van der Waals surface area contributed by atoms with Crippen LogP contribution in [0.25, 0.3) is 0 Å². The number of aromatic nitrogens is 1. The first-order valence-electron chi connectivity index (χ1n) is 4.04. The number of rotatable bonds is 2. The summed E-state index contributed by atoms with van der Waals surface area (Å²) < 4.78 is 0. The summed E-state index contributed by atoms with van der Waals surface area (Å²) in [6, 6.07) is 7.51. The molecule has 2 rings (SSSR count). The highest BCUT2D eigenvalue weighted by Gasteiger charge is 1.90. The van der Waals surface area contributed by atoms with Crippen molar-refractivity contribution in [1.29, 1.82) is 0 Å². The second kappa shape index (κ2) is 4.35. The SMILES string of the molecule is Clc1ccc(C=Nc2nccs2)cc1. The minimum Gasteiger partial charge on any atom is -0.227 e. The Kier molecular flexibility index (Phi) is 2.91. The van der Waals surface area contributed by atoms with E-state index in [1.54, 1.807) is 12.4 Å². The van der Waals surface area contributed by atoms with E-state index < -0.39 is 0 Å². The van der Waals surface area contributed by atoms with Gasteiger partial charge in [0.25, 0.3) is 0 Å². The van der Waals surface area contributed by atoms with Gasteiger partial charge in [0.05, 0.1) is 0 Å². The molecule has 0 atom stereocenters. The molecule has 4 heteroatoms. The molecule has 1 aromatic carbocycles. The summed E-state index contributed by atoms with van der Waals surface area (Å²) >= 11 is 7.27. The number of halogens is 1. The minimum absolute atomic E-state index is 0.733. The van der Waals surface area contributed by atoms with Crippen LogP contribution in [-0.2, 0) is 0 Å². The molecule has 70 valence electrons. The molecule has 14 heavy (non-hydrogen) atoms. The zero-order chi connectivity index (χ0) is 9.80. The zero-order valence-electron chi connectivity index (χ0n) is 7.22. The lowest BCUT2D eigenvalue weighted by Gasteiger charge is -1.91. The number of thiazole rings is 1. The lowest BCUT2D eigenvalue weighted by molar-refractivity contribution is 1.36. The van der Waals surface area contributed by atoms with Crippen molar-refractivity contribution in [3.05, 3.63) is 46.4 Å². The van der Waals surface area contributed by atoms with Crippen LogP contribution < -0.4 is 0 Å². The maximum absolute atomic E-state index is 5.76. The Labute approximate surface area is 90.9 Å². The molecule has 0 saturated carbocycles. The minimum atomic E-state index is 0.733. The van der Waals surface area contributed by atoms with Crippen molar-refractivity contribution in [3.8, 4) is 0 Å². The third kappa shape index (κ3) is 2.40. The van der Waals surface area contributed by atoms with Gasteiger partial charge in [0.1, 0.15) is 0 Å². The van der Waals surface area contributed by atoms with Crippen LogP contribution in [-0.4, -0.2) is 11.2 Å². The molecule has 0 amide bonds. The van der Waals surface area contributed by atoms with Crippen molar-refractivity contribution in [1.82, 2.24) is 4.98 Å². The molecule has 1 heterocycles. The predicted molar refractivity (Wildman–Crippen MR) is 60.8 cm³/mol. The van der Waals surface area contributed by atoms with Crippen molar-refractivity contribution in [3.63, 3.8) is 0 Å². The first-order valence-corrected chi connectivity index (χ1v) is 5.29. The number of benzene rings is 1. The van der Waals surface area contributed by atoms with Crippen molar-refractivity contribution in [2.45, 2.75) is 0 Å². The van der Waals surface area contributed by atoms with E-state index >= 15 is 0 Å². The van der Waals surface area contributed by atoms with E-state index in [0.29, 0.717) is 0 Å². The van der Waals surface area contributed by atoms with Gasteiger partial charge in [-0.3, -0.25) is 0 Å². The Morgan fingerprint density at radius 3 is 2.71 bits per heavy atom. The molecule has 0 N–H and O–H groups in total. The standard InChI is InChI=1S/C10H7ClN2S/c11-9-3-1-8(2-4-9)7-13-10-12-5-6-14-10/h1-7H. The first kappa shape index (κ1) is 9.37. The van der Waals surface area contributed by atoms with Crippen LogP contribution in [0.3, 0.4) is 0 Å². The Hall–Kier alpha value is -1.19. The summed E-state index contributed by atoms with van der Waals surface area (Å²) in [4.78, 5) is 8.25. The topological polar surface area (TPSA) is 25.2 Å². The summed E-state index contributed by atoms with van der Waals surface area (Å²) in [7, 11) is 0. The Bertz CT molecular complexity index is 420. The van der Waals surface area contributed by atoms with E-state index in [0.717, 1.165) is 15.7 Å². The van der Waals surface area contributed by atoms with E-state index in [9.17, 15) is 0 Å². The summed E-state index contributed by atoms with van der Waals surface area (Å²) in [6.07, 6.45) is 3.51. The van der Waals surface area contributed by atoms with Crippen molar-refractivity contribution in [2.75, 3.05) is 0 Å². The van der Waals surface area contributed by atoms with Crippen LogP contribution in [0.15, 0.2) is 40.8 Å². The fourth-order valence-electron chi connectivity index (χ4n) is 0.958. The normalized spacial score (nSPS) is 10.9. The lowest BCUT2D eigenvalue weighted by Crippen LogP contribution is -1.78. The van der Waals surface area contributed by atoms with E-state index in [-0.39, 0.29) is 0 Å². The fourth-order valence-corrected chi connectivity index (χ4v) is 1.56. The number of nitrogens with zero attached hydrogens (tertiary/aromatic N) is 2. The van der Waals surface area contributed by atoms with Crippen molar-refractivity contribution >= 4 is 34.3 Å². The van der Waals surface area contributed by atoms with Gasteiger partial charge in [-0.05, 0) is 17.7 Å². The molecule has 0 bridgehead atoms. The molecular formula is C10H7ClN2S. The van der Waals surface area contributed by atoms with Gasteiger partial charge in [-0.1, -0.05) is 23.7 Å². The van der Waals surface area contributed by atoms with Crippen LogP contribution in [0.2, 0.25) is 5.02 Å². The van der Waals surface area contributed by atoms with Gasteiger partial charge in [-0.25, -0.2) is 9.98 Å². The summed E-state index contributed by atoms with van der Waals surface area (Å²) in [5, 5.41) is 3.39. The molecular weight excluding hydrogens is 216 g/mol. The number of hydrogen-bond donors (Lipinski definition) is 0. The average Bonchev–Trinajstić information content (AvgIpc) is 2.70. The maximum Gasteiger partial charge on any atom is 0.208 e. The van der Waals surface area contributed by atoms with Gasteiger partial charge in [0.15, 0.2) is 0 Å². The zero-order valence-corrected chi connectivity index (χ0v) is 8.79. The van der Waals surface area contributed by atoms with Crippen molar-refractivity contribution < 1.29 is 0 Å². The third-order valence-corrected chi connectivity index (χ3v) is 2.54. The summed E-state index contributed by atoms with van der Waals surface area (Å²) in [5.41, 5.74) is 1.02. The van der Waals surface area contributed by atoms with Gasteiger partial charge < -0.3 is 0 Å². The first-order chi connectivity index (χ1) is 6.84. The Morgan fingerprint density at radius 2 is 2.07 bits per heavy atom. The van der Waals surface area contributed by atoms with Crippen molar-refractivity contribution in [2.24, 2.45) is 4.99 Å². The van der Waals surface area contributed by atoms with Crippen LogP contribution in [0, 0.1) is 0 Å². The third-order valence-electron chi connectivity index (χ3n) is 1.61. The quantitative estimate of drug-likeness (QED) is 0.714. The molecule has 0 aliphatic heterocycles. The lowest BCUT2D eigenvalue weighted by atomic mass is 10.2. The smallest absolute Gasteiger partial charge is 0.208 e. The van der Waals surface area contributed by atoms with Gasteiger partial charge in [-0.15, -0.1) is 11.3 Å². The predicted octanol–water partition coefficient (Wildman–Crippen LogP) is 3.55. The number of aliphatic imine (C=N–C) groups is 1. The van der Waals surface area contributed by atoms with Gasteiger partial charge in [0.2, 0.25) is 5.13 Å². The highest BCUT2D eigenvalue weighted by molar-refractivity contribution is 7.13. The average molecular weight is 223 g/mol. The molecule has 0 saturated heterocycles. The molecule has 0 aliphatic rings. The van der Waals surface area contributed by atoms with E-state index in [4.69, 9.17) is 11.6 Å². The molecule has 0 unspecified atom stereocenters. The molecule has 0 aliphatic carbocycles. The molecule has 0 fully saturated rings. The Balaban J connectivity index is 2.15. The van der Waals surface area contributed by atoms with Crippen LogP contribution in [0.1, 0.15) is 5.56 Å². The summed E-state index contributed by atoms with van der Waals surface area (Å²) in [6.45, 7) is 0. The second-order valence-corrected chi connectivity index (χ2v) is 3.93. The monoisotopic (exact) mass is 222 g/mol. The van der Waals surface area contributed by atoms with E-state index in [1.807, 2.05) is 29.6 Å². The molecule has 0 spiro atoms. The van der Waals surface area contributed by atoms with Crippen LogP contribution in [0.5, 0.6) is 0 Å². The largest absolute Gasteiger partial charge is 0.227 e. The summed E-state index contributed by atoms with van der Waals surface area (Å²) in [5.74, 6) is 0. The van der Waals surface area contributed by atoms with Crippen LogP contribution in [0.4, 0.5) is 5.13 Å². The van der Waals surface area contributed by atoms with Gasteiger partial charge >= 0.3 is 0 Å². The molecule has 2 aromatic rings. The van der Waals surface area contributed by atoms with Gasteiger partial charge in [-0.2, -0.15) is 0 Å². The molecule has 1 aromatic heterocycles. The van der Waals surface area contributed by atoms with Gasteiger partial charge in [0, 0.05) is 22.8 Å². The maximum atomic E-state index is 5.76. The fraction of sp³-hybridized carbons (Fsp3) is 0. The Morgan fingerprint density at radius 1 is 1.29 bits per heavy atom. The van der Waals surface area contributed by atoms with E-state index in [2.05, 4.69) is 9.98 Å². The van der Waals surface area contributed by atoms with Crippen LogP contribution >= 0.6 is 22.9 Å². The highest BCUT2D eigenvalue weighted by Crippen LogP contribution is 2.14. The molecule has 0 radical (unpaired) electrons. The highest BCUT2D eigenvalue weighted by atomic mass is 35.5. The number of hydrogen-bond acceptors (Lipinski definition) is 3. The second-order valence-electron chi connectivity index (χ2n) is 2.62. The molecule has 2 nitrogen and oxygen atoms in total.